The molecule has 1 aromatic carbocycles. The summed E-state index contributed by atoms with van der Waals surface area (Å²) < 4.78 is 15.8. The highest BCUT2D eigenvalue weighted by molar-refractivity contribution is 5.88. The maximum absolute atomic E-state index is 12.5. The van der Waals surface area contributed by atoms with Crippen molar-refractivity contribution in [3.05, 3.63) is 35.5 Å². The van der Waals surface area contributed by atoms with Gasteiger partial charge in [0.25, 0.3) is 0 Å². The highest BCUT2D eigenvalue weighted by atomic mass is 16.7. The lowest BCUT2D eigenvalue weighted by Gasteiger charge is -2.24. The van der Waals surface area contributed by atoms with Crippen molar-refractivity contribution in [2.75, 3.05) is 18.7 Å². The molecule has 23 heavy (non-hydrogen) atoms. The van der Waals surface area contributed by atoms with Crippen molar-refractivity contribution >= 4 is 11.9 Å². The van der Waals surface area contributed by atoms with Crippen LogP contribution in [0.5, 0.6) is 11.5 Å². The van der Waals surface area contributed by atoms with Crippen LogP contribution in [0.1, 0.15) is 30.1 Å². The maximum Gasteiger partial charge on any atom is 0.324 e. The van der Waals surface area contributed by atoms with Crippen LogP contribution in [0.3, 0.4) is 0 Å². The number of rotatable bonds is 2. The van der Waals surface area contributed by atoms with Crippen LogP contribution in [0, 0.1) is 6.92 Å². The van der Waals surface area contributed by atoms with Crippen LogP contribution in [-0.2, 0) is 0 Å². The van der Waals surface area contributed by atoms with E-state index in [0.717, 1.165) is 35.6 Å². The first-order valence-corrected chi connectivity index (χ1v) is 7.61. The van der Waals surface area contributed by atoms with Gasteiger partial charge in [0.15, 0.2) is 11.5 Å². The van der Waals surface area contributed by atoms with E-state index >= 15 is 0 Å². The molecule has 2 aliphatic heterocycles. The fraction of sp³-hybridized carbons (Fsp3) is 0.375. The molecule has 0 aliphatic carbocycles. The molecule has 2 aliphatic rings. The lowest BCUT2D eigenvalue weighted by molar-refractivity contribution is 0.173. The summed E-state index contributed by atoms with van der Waals surface area (Å²) in [6, 6.07) is 7.38. The van der Waals surface area contributed by atoms with Gasteiger partial charge in [0, 0.05) is 12.6 Å². The average Bonchev–Trinajstić information content (AvgIpc) is 3.25. The standard InChI is InChI=1S/C16H17N3O4/c1-10-7-15(23-18-10)17-16(20)19-6-2-3-12(19)11-4-5-13-14(8-11)22-9-21-13/h4-5,7-8,12H,2-3,6,9H2,1H3,(H,17,20)/t12-/m1/s1. The minimum Gasteiger partial charge on any atom is -0.454 e. The van der Waals surface area contributed by atoms with E-state index < -0.39 is 0 Å². The average molecular weight is 315 g/mol. The number of aromatic nitrogens is 1. The predicted octanol–water partition coefficient (Wildman–Crippen LogP) is 3.08. The SMILES string of the molecule is Cc1cc(NC(=O)N2CCC[C@@H]2c2ccc3c(c2)OCO3)on1. The molecular weight excluding hydrogens is 298 g/mol. The first-order valence-electron chi connectivity index (χ1n) is 7.61. The lowest BCUT2D eigenvalue weighted by Crippen LogP contribution is -2.34. The molecule has 120 valence electrons. The first-order chi connectivity index (χ1) is 11.2. The molecule has 1 saturated heterocycles. The van der Waals surface area contributed by atoms with Crippen molar-refractivity contribution in [2.45, 2.75) is 25.8 Å². The molecule has 0 bridgehead atoms. The van der Waals surface area contributed by atoms with Gasteiger partial charge in [-0.15, -0.1) is 0 Å². The summed E-state index contributed by atoms with van der Waals surface area (Å²) >= 11 is 0. The monoisotopic (exact) mass is 315 g/mol. The van der Waals surface area contributed by atoms with E-state index in [1.807, 2.05) is 30.0 Å². The molecule has 2 amide bonds. The third-order valence-corrected chi connectivity index (χ3v) is 4.15. The number of hydrogen-bond acceptors (Lipinski definition) is 5. The van der Waals surface area contributed by atoms with Gasteiger partial charge in [0.2, 0.25) is 12.7 Å². The number of ether oxygens (including phenoxy) is 2. The van der Waals surface area contributed by atoms with E-state index in [1.165, 1.54) is 0 Å². The number of amides is 2. The summed E-state index contributed by atoms with van der Waals surface area (Å²) in [4.78, 5) is 14.3. The van der Waals surface area contributed by atoms with Gasteiger partial charge in [-0.1, -0.05) is 11.2 Å². The fourth-order valence-corrected chi connectivity index (χ4v) is 3.08. The molecule has 0 spiro atoms. The van der Waals surface area contributed by atoms with E-state index in [2.05, 4.69) is 10.5 Å². The van der Waals surface area contributed by atoms with Crippen molar-refractivity contribution in [1.29, 1.82) is 0 Å². The number of fused-ring (bicyclic) bond motifs is 1. The number of aryl methyl sites for hydroxylation is 1. The van der Waals surface area contributed by atoms with Gasteiger partial charge in [-0.25, -0.2) is 4.79 Å². The Kier molecular flexibility index (Phi) is 3.33. The second kappa shape index (κ2) is 5.49. The summed E-state index contributed by atoms with van der Waals surface area (Å²) in [6.07, 6.45) is 1.88. The number of urea groups is 1. The summed E-state index contributed by atoms with van der Waals surface area (Å²) in [5.41, 5.74) is 1.78. The van der Waals surface area contributed by atoms with Gasteiger partial charge in [0.05, 0.1) is 11.7 Å². The van der Waals surface area contributed by atoms with Crippen molar-refractivity contribution in [3.63, 3.8) is 0 Å². The van der Waals surface area contributed by atoms with Crippen LogP contribution in [0.25, 0.3) is 0 Å². The first kappa shape index (κ1) is 13.9. The van der Waals surface area contributed by atoms with Gasteiger partial charge in [-0.2, -0.15) is 0 Å². The molecule has 0 radical (unpaired) electrons. The number of nitrogens with one attached hydrogen (secondary N) is 1. The zero-order valence-electron chi connectivity index (χ0n) is 12.7. The third-order valence-electron chi connectivity index (χ3n) is 4.15. The second-order valence-corrected chi connectivity index (χ2v) is 5.73. The minimum atomic E-state index is -0.179. The Hall–Kier alpha value is -2.70. The number of likely N-dealkylation sites (tertiary alicyclic amines) is 1. The molecule has 1 N–H and O–H groups in total. The summed E-state index contributed by atoms with van der Waals surface area (Å²) in [5, 5.41) is 6.53. The quantitative estimate of drug-likeness (QED) is 0.921. The number of carbonyl (C=O) groups is 1. The Morgan fingerprint density at radius 1 is 1.30 bits per heavy atom. The molecule has 1 atom stereocenters. The maximum atomic E-state index is 12.5. The minimum absolute atomic E-state index is 0.0218. The summed E-state index contributed by atoms with van der Waals surface area (Å²) in [7, 11) is 0. The Morgan fingerprint density at radius 3 is 3.00 bits per heavy atom. The summed E-state index contributed by atoms with van der Waals surface area (Å²) in [5.74, 6) is 1.85. The smallest absolute Gasteiger partial charge is 0.324 e. The molecule has 1 aromatic heterocycles. The Morgan fingerprint density at radius 2 is 2.17 bits per heavy atom. The molecule has 0 unspecified atom stereocenters. The van der Waals surface area contributed by atoms with Crippen LogP contribution in [-0.4, -0.2) is 29.4 Å². The lowest BCUT2D eigenvalue weighted by atomic mass is 10.0. The molecule has 7 nitrogen and oxygen atoms in total. The Labute approximate surface area is 133 Å². The molecule has 0 saturated carbocycles. The van der Waals surface area contributed by atoms with Crippen LogP contribution < -0.4 is 14.8 Å². The second-order valence-electron chi connectivity index (χ2n) is 5.73. The normalized spacial score (nSPS) is 19.2. The molecular formula is C16H17N3O4. The van der Waals surface area contributed by atoms with Crippen molar-refractivity contribution in [2.24, 2.45) is 0 Å². The van der Waals surface area contributed by atoms with Gasteiger partial charge in [-0.05, 0) is 37.5 Å². The number of benzene rings is 1. The van der Waals surface area contributed by atoms with Gasteiger partial charge >= 0.3 is 6.03 Å². The molecule has 7 heteroatoms. The van der Waals surface area contributed by atoms with E-state index in [9.17, 15) is 4.79 Å². The molecule has 2 aromatic rings. The number of hydrogen-bond donors (Lipinski definition) is 1. The predicted molar refractivity (Wildman–Crippen MR) is 81.5 cm³/mol. The van der Waals surface area contributed by atoms with Crippen molar-refractivity contribution in [3.8, 4) is 11.5 Å². The topological polar surface area (TPSA) is 76.8 Å². The van der Waals surface area contributed by atoms with Crippen molar-refractivity contribution < 1.29 is 18.8 Å². The van der Waals surface area contributed by atoms with Crippen LogP contribution in [0.2, 0.25) is 0 Å². The number of anilines is 1. The summed E-state index contributed by atoms with van der Waals surface area (Å²) in [6.45, 7) is 2.76. The highest BCUT2D eigenvalue weighted by Crippen LogP contribution is 2.39. The van der Waals surface area contributed by atoms with Gasteiger partial charge < -0.3 is 18.9 Å². The van der Waals surface area contributed by atoms with Gasteiger partial charge in [0.1, 0.15) is 0 Å². The third kappa shape index (κ3) is 2.58. The largest absolute Gasteiger partial charge is 0.454 e. The number of carbonyl (C=O) groups excluding carboxylic acids is 1. The molecule has 1 fully saturated rings. The van der Waals surface area contributed by atoms with Crippen LogP contribution >= 0.6 is 0 Å². The Balaban J connectivity index is 1.53. The fourth-order valence-electron chi connectivity index (χ4n) is 3.08. The van der Waals surface area contributed by atoms with E-state index in [1.54, 1.807) is 6.07 Å². The molecule has 3 heterocycles. The van der Waals surface area contributed by atoms with E-state index in [-0.39, 0.29) is 18.9 Å². The zero-order valence-corrected chi connectivity index (χ0v) is 12.7. The van der Waals surface area contributed by atoms with Crippen molar-refractivity contribution in [1.82, 2.24) is 10.1 Å². The van der Waals surface area contributed by atoms with E-state index in [4.69, 9.17) is 14.0 Å². The Bertz CT molecular complexity index is 743. The van der Waals surface area contributed by atoms with Gasteiger partial charge in [-0.3, -0.25) is 5.32 Å². The van der Waals surface area contributed by atoms with Crippen LogP contribution in [0.15, 0.2) is 28.8 Å². The zero-order chi connectivity index (χ0) is 15.8. The molecule has 4 rings (SSSR count). The van der Waals surface area contributed by atoms with Crippen LogP contribution in [0.4, 0.5) is 10.7 Å². The highest BCUT2D eigenvalue weighted by Gasteiger charge is 2.31. The van der Waals surface area contributed by atoms with E-state index in [0.29, 0.717) is 12.4 Å². The number of nitrogens with zero attached hydrogens (tertiary/aromatic N) is 2.